The van der Waals surface area contributed by atoms with Crippen LogP contribution in [0.1, 0.15) is 159 Å². The van der Waals surface area contributed by atoms with Crippen LogP contribution in [0.3, 0.4) is 0 Å². The lowest BCUT2D eigenvalue weighted by Crippen LogP contribution is -2.31. The Balaban J connectivity index is 4.05. The first-order valence-electron chi connectivity index (χ1n) is 34.7. The van der Waals surface area contributed by atoms with E-state index in [0.717, 1.165) is 11.1 Å². The van der Waals surface area contributed by atoms with E-state index in [2.05, 4.69) is 13.2 Å². The van der Waals surface area contributed by atoms with Gasteiger partial charge >= 0.3 is 0 Å². The standard InChI is InChI=1S/C71H140O22/c1-49(2)26-72-28-51(5)74-30-53(7)76-32-55(9)78-34-57(11)80-36-59(13)82-38-61(15)84-40-63(17)86-42-65(19)88-44-67(21)90-46-69(23)92-48-71(25)93-47-70(24)91-45-68(22)89-43-66(20)87-41-64(18)85-39-62(16)83-37-60(14)81-35-58(12)79-33-56(10)77-31-54(8)75-29-52(6)73-27-50(3)4/h51-71H,1,3,26-48H2,2,4-25H3. The minimum absolute atomic E-state index is 0.00580. The van der Waals surface area contributed by atoms with Crippen LogP contribution >= 0.6 is 0 Å². The molecule has 21 unspecified atom stereocenters. The molecule has 0 bridgehead atoms. The molecular formula is C71H140O22. The maximum atomic E-state index is 6.03. The van der Waals surface area contributed by atoms with Crippen molar-refractivity contribution in [1.29, 1.82) is 0 Å². The van der Waals surface area contributed by atoms with Gasteiger partial charge in [0.15, 0.2) is 0 Å². The molecule has 0 aromatic heterocycles. The number of hydrogen-bond donors (Lipinski definition) is 0. The third-order valence-electron chi connectivity index (χ3n) is 13.6. The Morgan fingerprint density at radius 3 is 0.366 bits per heavy atom. The summed E-state index contributed by atoms with van der Waals surface area (Å²) in [6.45, 7) is 63.9. The van der Waals surface area contributed by atoms with Crippen molar-refractivity contribution >= 4 is 0 Å². The minimum atomic E-state index is -0.120. The molecule has 0 aliphatic rings. The van der Waals surface area contributed by atoms with Crippen LogP contribution in [0, 0.1) is 0 Å². The first-order valence-corrected chi connectivity index (χ1v) is 34.7. The van der Waals surface area contributed by atoms with Gasteiger partial charge in [0.25, 0.3) is 0 Å². The van der Waals surface area contributed by atoms with E-state index in [1.165, 1.54) is 0 Å². The van der Waals surface area contributed by atoms with E-state index < -0.39 is 0 Å². The molecule has 0 amide bonds. The summed E-state index contributed by atoms with van der Waals surface area (Å²) in [5, 5.41) is 0. The van der Waals surface area contributed by atoms with Gasteiger partial charge in [0.2, 0.25) is 0 Å². The van der Waals surface area contributed by atoms with Gasteiger partial charge in [0, 0.05) is 0 Å². The van der Waals surface area contributed by atoms with E-state index >= 15 is 0 Å². The molecule has 0 aliphatic carbocycles. The third kappa shape index (κ3) is 59.2. The molecule has 22 heteroatoms. The van der Waals surface area contributed by atoms with Crippen molar-refractivity contribution in [3.05, 3.63) is 24.3 Å². The highest BCUT2D eigenvalue weighted by atomic mass is 16.6. The minimum Gasteiger partial charge on any atom is -0.374 e. The fourth-order valence-electron chi connectivity index (χ4n) is 7.69. The number of hydrogen-bond acceptors (Lipinski definition) is 22. The summed E-state index contributed by atoms with van der Waals surface area (Å²) in [6, 6.07) is 0. The van der Waals surface area contributed by atoms with Gasteiger partial charge < -0.3 is 104 Å². The van der Waals surface area contributed by atoms with Crippen LogP contribution in [0.2, 0.25) is 0 Å². The lowest BCUT2D eigenvalue weighted by molar-refractivity contribution is -0.117. The molecular weight excluding hydrogens is 1200 g/mol. The molecule has 0 rings (SSSR count). The normalized spacial score (nSPS) is 19.2. The average Bonchev–Trinajstić information content (AvgIpc) is 3.75. The fraction of sp³-hybridized carbons (Fsp3) is 0.944. The van der Waals surface area contributed by atoms with Crippen LogP contribution in [-0.2, 0) is 104 Å². The second-order valence-electron chi connectivity index (χ2n) is 26.4. The SMILES string of the molecule is C=C(C)COCC(C)OCC(C)OCC(C)OCC(C)OCC(C)OCC(C)OCC(C)OCC(C)OCC(C)OCC(C)OCC(C)OCC(C)OCC(C)OCC(C)OCC(C)OCC(C)OCC(C)OCC(C)OCC(C)OCC(C)OCC(C)OCC(=C)C. The van der Waals surface area contributed by atoms with Crippen LogP contribution in [0.25, 0.3) is 0 Å². The highest BCUT2D eigenvalue weighted by Crippen LogP contribution is 2.11. The molecule has 0 saturated heterocycles. The summed E-state index contributed by atoms with van der Waals surface area (Å²) in [4.78, 5) is 0. The second kappa shape index (κ2) is 57.4. The molecule has 0 saturated carbocycles. The van der Waals surface area contributed by atoms with Crippen molar-refractivity contribution < 1.29 is 104 Å². The van der Waals surface area contributed by atoms with Gasteiger partial charge in [-0.15, -0.1) is 0 Å². The predicted molar refractivity (Wildman–Crippen MR) is 364 cm³/mol. The zero-order valence-electron chi connectivity index (χ0n) is 62.8. The lowest BCUT2D eigenvalue weighted by Gasteiger charge is -2.24. The van der Waals surface area contributed by atoms with Crippen molar-refractivity contribution in [2.45, 2.75) is 287 Å². The Morgan fingerprint density at radius 1 is 0.161 bits per heavy atom. The Hall–Kier alpha value is -1.40. The van der Waals surface area contributed by atoms with Gasteiger partial charge in [-0.2, -0.15) is 0 Å². The van der Waals surface area contributed by atoms with Gasteiger partial charge in [-0.1, -0.05) is 24.3 Å². The molecule has 0 spiro atoms. The number of ether oxygens (including phenoxy) is 22. The van der Waals surface area contributed by atoms with Crippen molar-refractivity contribution in [3.63, 3.8) is 0 Å². The summed E-state index contributed by atoms with van der Waals surface area (Å²) in [7, 11) is 0. The summed E-state index contributed by atoms with van der Waals surface area (Å²) < 4.78 is 131. The van der Waals surface area contributed by atoms with E-state index in [1.807, 2.05) is 159 Å². The van der Waals surface area contributed by atoms with Crippen molar-refractivity contribution in [1.82, 2.24) is 0 Å². The average molecular weight is 1350 g/mol. The highest BCUT2D eigenvalue weighted by Gasteiger charge is 2.20. The first kappa shape index (κ1) is 91.6. The Kier molecular flexibility index (Phi) is 56.5. The summed E-state index contributed by atoms with van der Waals surface area (Å²) in [5.41, 5.74) is 1.98. The zero-order valence-corrected chi connectivity index (χ0v) is 62.8. The predicted octanol–water partition coefficient (Wildman–Crippen LogP) is 10.7. The Bertz CT molecular complexity index is 1720. The number of rotatable bonds is 67. The zero-order chi connectivity index (χ0) is 70.1. The molecule has 22 nitrogen and oxygen atoms in total. The second-order valence-corrected chi connectivity index (χ2v) is 26.4. The highest BCUT2D eigenvalue weighted by molar-refractivity contribution is 4.88. The Labute approximate surface area is 565 Å². The third-order valence-corrected chi connectivity index (χ3v) is 13.6. The topological polar surface area (TPSA) is 203 Å². The van der Waals surface area contributed by atoms with E-state index in [-0.39, 0.29) is 128 Å². The first-order chi connectivity index (χ1) is 43.9. The Morgan fingerprint density at radius 2 is 0.258 bits per heavy atom. The van der Waals surface area contributed by atoms with E-state index in [0.29, 0.717) is 152 Å². The summed E-state index contributed by atoms with van der Waals surface area (Å²) in [6.07, 6.45) is -1.96. The van der Waals surface area contributed by atoms with Gasteiger partial charge in [-0.05, 0) is 159 Å². The van der Waals surface area contributed by atoms with Crippen molar-refractivity contribution in [2.24, 2.45) is 0 Å². The molecule has 0 heterocycles. The molecule has 21 atom stereocenters. The van der Waals surface area contributed by atoms with E-state index in [1.54, 1.807) is 0 Å². The van der Waals surface area contributed by atoms with Crippen LogP contribution in [0.15, 0.2) is 24.3 Å². The molecule has 556 valence electrons. The van der Waals surface area contributed by atoms with Gasteiger partial charge in [0.1, 0.15) is 0 Å². The van der Waals surface area contributed by atoms with Gasteiger partial charge in [-0.25, -0.2) is 0 Å². The molecule has 0 N–H and O–H groups in total. The van der Waals surface area contributed by atoms with Crippen LogP contribution < -0.4 is 0 Å². The van der Waals surface area contributed by atoms with Crippen molar-refractivity contribution in [2.75, 3.05) is 152 Å². The van der Waals surface area contributed by atoms with E-state index in [4.69, 9.17) is 104 Å². The van der Waals surface area contributed by atoms with Crippen LogP contribution in [0.5, 0.6) is 0 Å². The van der Waals surface area contributed by atoms with Crippen molar-refractivity contribution in [3.8, 4) is 0 Å². The maximum Gasteiger partial charge on any atom is 0.0785 e. The molecule has 0 radical (unpaired) electrons. The van der Waals surface area contributed by atoms with Gasteiger partial charge in [-0.3, -0.25) is 0 Å². The van der Waals surface area contributed by atoms with Crippen LogP contribution in [-0.4, -0.2) is 280 Å². The fourth-order valence-corrected chi connectivity index (χ4v) is 7.69. The molecule has 0 fully saturated rings. The molecule has 93 heavy (non-hydrogen) atoms. The maximum absolute atomic E-state index is 6.03. The smallest absolute Gasteiger partial charge is 0.0785 e. The quantitative estimate of drug-likeness (QED) is 0.0520. The lowest BCUT2D eigenvalue weighted by atomic mass is 10.3. The summed E-state index contributed by atoms with van der Waals surface area (Å²) in [5.74, 6) is 0. The van der Waals surface area contributed by atoms with Gasteiger partial charge in [0.05, 0.1) is 280 Å². The summed E-state index contributed by atoms with van der Waals surface area (Å²) >= 11 is 0. The van der Waals surface area contributed by atoms with Crippen LogP contribution in [0.4, 0.5) is 0 Å². The molecule has 0 aromatic rings. The largest absolute Gasteiger partial charge is 0.374 e. The monoisotopic (exact) mass is 1340 g/mol. The molecule has 0 aliphatic heterocycles. The van der Waals surface area contributed by atoms with E-state index in [9.17, 15) is 0 Å². The molecule has 0 aromatic carbocycles.